The predicted octanol–water partition coefficient (Wildman–Crippen LogP) is 2.68. The molecule has 1 aliphatic rings. The molecular weight excluding hydrogens is 412 g/mol. The van der Waals surface area contributed by atoms with Gasteiger partial charge < -0.3 is 23.2 Å². The maximum Gasteiger partial charge on any atom is 0.374 e. The van der Waals surface area contributed by atoms with Gasteiger partial charge in [-0.15, -0.1) is 0 Å². The SMILES string of the molecule is COP(=O)(OC)C(O)(CCCN1C(=O)c2ccccc2C1=O)P(=O)(OC)OC. The largest absolute Gasteiger partial charge is 0.374 e. The highest BCUT2D eigenvalue weighted by atomic mass is 31.2. The van der Waals surface area contributed by atoms with E-state index in [1.54, 1.807) is 24.3 Å². The fourth-order valence-corrected chi connectivity index (χ4v) is 7.59. The second-order valence-electron chi connectivity index (χ2n) is 5.91. The van der Waals surface area contributed by atoms with E-state index in [-0.39, 0.29) is 24.1 Å². The number of nitrogens with zero attached hydrogens (tertiary/aromatic N) is 1. The zero-order valence-electron chi connectivity index (χ0n) is 16.0. The lowest BCUT2D eigenvalue weighted by Gasteiger charge is -2.36. The van der Waals surface area contributed by atoms with Crippen LogP contribution in [0.25, 0.3) is 0 Å². The first-order valence-electron chi connectivity index (χ1n) is 8.25. The van der Waals surface area contributed by atoms with Crippen LogP contribution in [0.3, 0.4) is 0 Å². The molecule has 0 atom stereocenters. The summed E-state index contributed by atoms with van der Waals surface area (Å²) in [4.78, 5) is 25.8. The minimum atomic E-state index is -4.35. The highest BCUT2D eigenvalue weighted by Crippen LogP contribution is 2.77. The lowest BCUT2D eigenvalue weighted by molar-refractivity contribution is 0.0631. The Balaban J connectivity index is 2.24. The highest BCUT2D eigenvalue weighted by molar-refractivity contribution is 7.73. The van der Waals surface area contributed by atoms with Crippen LogP contribution in [0.1, 0.15) is 33.6 Å². The third-order valence-corrected chi connectivity index (χ3v) is 10.2. The Bertz CT molecular complexity index is 779. The number of carbonyl (C=O) groups is 2. The van der Waals surface area contributed by atoms with E-state index in [0.717, 1.165) is 33.3 Å². The molecule has 1 aromatic carbocycles. The van der Waals surface area contributed by atoms with Crippen LogP contribution >= 0.6 is 15.2 Å². The number of aliphatic hydroxyl groups is 1. The van der Waals surface area contributed by atoms with Gasteiger partial charge >= 0.3 is 15.2 Å². The van der Waals surface area contributed by atoms with Gasteiger partial charge in [-0.3, -0.25) is 23.6 Å². The molecule has 0 spiro atoms. The molecule has 0 bridgehead atoms. The van der Waals surface area contributed by atoms with Gasteiger partial charge in [-0.2, -0.15) is 0 Å². The van der Waals surface area contributed by atoms with Crippen LogP contribution in [0, 0.1) is 0 Å². The first-order chi connectivity index (χ1) is 13.1. The quantitative estimate of drug-likeness (QED) is 0.436. The van der Waals surface area contributed by atoms with Gasteiger partial charge in [-0.1, -0.05) is 12.1 Å². The smallest absolute Gasteiger partial charge is 0.368 e. The Labute approximate surface area is 162 Å². The normalized spacial score (nSPS) is 15.2. The van der Waals surface area contributed by atoms with Crippen molar-refractivity contribution >= 4 is 27.0 Å². The van der Waals surface area contributed by atoms with E-state index in [0.29, 0.717) is 0 Å². The number of fused-ring (bicyclic) bond motifs is 1. The molecule has 0 fully saturated rings. The minimum Gasteiger partial charge on any atom is -0.368 e. The average Bonchev–Trinajstić information content (AvgIpc) is 2.97. The van der Waals surface area contributed by atoms with Crippen LogP contribution < -0.4 is 0 Å². The summed E-state index contributed by atoms with van der Waals surface area (Å²) in [6.07, 6.45) is -0.506. The average molecular weight is 435 g/mol. The molecule has 10 nitrogen and oxygen atoms in total. The molecule has 1 heterocycles. The molecule has 1 aliphatic heterocycles. The Morgan fingerprint density at radius 3 is 1.64 bits per heavy atom. The van der Waals surface area contributed by atoms with Crippen molar-refractivity contribution in [1.82, 2.24) is 4.90 Å². The molecule has 0 radical (unpaired) electrons. The maximum atomic E-state index is 12.9. The fraction of sp³-hybridized carbons (Fsp3) is 0.500. The summed E-state index contributed by atoms with van der Waals surface area (Å²) in [5.41, 5.74) is 0.559. The van der Waals surface area contributed by atoms with Crippen molar-refractivity contribution in [3.05, 3.63) is 35.4 Å². The van der Waals surface area contributed by atoms with Gasteiger partial charge in [0.15, 0.2) is 0 Å². The van der Waals surface area contributed by atoms with E-state index in [2.05, 4.69) is 0 Å². The zero-order valence-corrected chi connectivity index (χ0v) is 17.8. The van der Waals surface area contributed by atoms with Crippen LogP contribution in [-0.2, 0) is 27.2 Å². The molecule has 0 unspecified atom stereocenters. The topological polar surface area (TPSA) is 129 Å². The van der Waals surface area contributed by atoms with Crippen LogP contribution in [0.5, 0.6) is 0 Å². The lowest BCUT2D eigenvalue weighted by atomic mass is 10.1. The van der Waals surface area contributed by atoms with Gasteiger partial charge in [0, 0.05) is 41.4 Å². The Hall–Kier alpha value is -1.38. The molecular formula is C16H23NO9P2. The number of rotatable bonds is 10. The lowest BCUT2D eigenvalue weighted by Crippen LogP contribution is -2.35. The molecule has 0 saturated carbocycles. The van der Waals surface area contributed by atoms with Crippen LogP contribution in [0.2, 0.25) is 0 Å². The number of amides is 2. The molecule has 156 valence electrons. The number of hydrogen-bond acceptors (Lipinski definition) is 9. The van der Waals surface area contributed by atoms with Gasteiger partial charge in [-0.05, 0) is 18.6 Å². The van der Waals surface area contributed by atoms with E-state index >= 15 is 0 Å². The standard InChI is InChI=1S/C16H23NO9P2/c1-23-27(21,24-2)16(20,28(22,25-3)26-4)10-7-11-17-14(18)12-8-5-6-9-13(12)15(17)19/h5-6,8-9,20H,7,10-11H2,1-4H3. The summed E-state index contributed by atoms with van der Waals surface area (Å²) in [5.74, 6) is -0.958. The van der Waals surface area contributed by atoms with Crippen molar-refractivity contribution in [3.63, 3.8) is 0 Å². The van der Waals surface area contributed by atoms with Crippen molar-refractivity contribution < 1.29 is 41.9 Å². The highest BCUT2D eigenvalue weighted by Gasteiger charge is 2.63. The van der Waals surface area contributed by atoms with Crippen LogP contribution in [-0.4, -0.2) is 61.9 Å². The Morgan fingerprint density at radius 1 is 0.893 bits per heavy atom. The van der Waals surface area contributed by atoms with E-state index < -0.39 is 38.5 Å². The first-order valence-corrected chi connectivity index (χ1v) is 11.3. The number of imide groups is 1. The van der Waals surface area contributed by atoms with E-state index in [1.165, 1.54) is 0 Å². The summed E-state index contributed by atoms with van der Waals surface area (Å²) in [5, 5.41) is 8.38. The molecule has 2 rings (SSSR count). The molecule has 0 saturated heterocycles. The second kappa shape index (κ2) is 8.55. The van der Waals surface area contributed by atoms with Gasteiger partial charge in [-0.25, -0.2) is 0 Å². The van der Waals surface area contributed by atoms with E-state index in [1.807, 2.05) is 0 Å². The van der Waals surface area contributed by atoms with Crippen LogP contribution in [0.4, 0.5) is 0 Å². The summed E-state index contributed by atoms with van der Waals surface area (Å²) in [6.45, 7) is -0.116. The first kappa shape index (κ1) is 22.9. The number of hydrogen-bond donors (Lipinski definition) is 1. The molecule has 1 aromatic rings. The van der Waals surface area contributed by atoms with Crippen molar-refractivity contribution in [3.8, 4) is 0 Å². The molecule has 28 heavy (non-hydrogen) atoms. The van der Waals surface area contributed by atoms with E-state index in [9.17, 15) is 23.8 Å². The summed E-state index contributed by atoms with van der Waals surface area (Å²) in [6, 6.07) is 6.38. The molecule has 12 heteroatoms. The number of benzene rings is 1. The van der Waals surface area contributed by atoms with Gasteiger partial charge in [0.1, 0.15) is 0 Å². The van der Waals surface area contributed by atoms with Crippen LogP contribution in [0.15, 0.2) is 24.3 Å². The van der Waals surface area contributed by atoms with Crippen molar-refractivity contribution in [2.24, 2.45) is 0 Å². The van der Waals surface area contributed by atoms with Crippen molar-refractivity contribution in [2.75, 3.05) is 35.0 Å². The Kier molecular flexibility index (Phi) is 6.99. The number of carbonyl (C=O) groups excluding carboxylic acids is 2. The summed E-state index contributed by atoms with van der Waals surface area (Å²) in [7, 11) is -4.62. The van der Waals surface area contributed by atoms with Gasteiger partial charge in [0.25, 0.3) is 16.9 Å². The minimum absolute atomic E-state index is 0.0601. The van der Waals surface area contributed by atoms with Gasteiger partial charge in [0.05, 0.1) is 11.1 Å². The second-order valence-corrected chi connectivity index (χ2v) is 11.2. The maximum absolute atomic E-state index is 12.9. The van der Waals surface area contributed by atoms with Crippen molar-refractivity contribution in [2.45, 2.75) is 17.9 Å². The predicted molar refractivity (Wildman–Crippen MR) is 99.2 cm³/mol. The summed E-state index contributed by atoms with van der Waals surface area (Å²) < 4.78 is 45.1. The monoisotopic (exact) mass is 435 g/mol. The van der Waals surface area contributed by atoms with E-state index in [4.69, 9.17) is 18.1 Å². The molecule has 0 aromatic heterocycles. The zero-order chi connectivity index (χ0) is 21.2. The third kappa shape index (κ3) is 3.50. The van der Waals surface area contributed by atoms with Gasteiger partial charge in [0.2, 0.25) is 0 Å². The third-order valence-electron chi connectivity index (χ3n) is 4.61. The molecule has 1 N–H and O–H groups in total. The molecule has 2 amide bonds. The summed E-state index contributed by atoms with van der Waals surface area (Å²) >= 11 is 0. The Morgan fingerprint density at radius 2 is 1.29 bits per heavy atom. The molecule has 0 aliphatic carbocycles. The fourth-order valence-electron chi connectivity index (χ4n) is 3.07. The van der Waals surface area contributed by atoms with Crippen molar-refractivity contribution in [1.29, 1.82) is 0 Å².